The first-order valence-corrected chi connectivity index (χ1v) is 11.2. The second-order valence-corrected chi connectivity index (χ2v) is 8.26. The number of nitrogens with zero attached hydrogens (tertiary/aromatic N) is 3. The smallest absolute Gasteiger partial charge is 0.230 e. The van der Waals surface area contributed by atoms with E-state index in [-0.39, 0.29) is 18.0 Å². The summed E-state index contributed by atoms with van der Waals surface area (Å²) in [5, 5.41) is 12.9. The number of hydrogen-bond donors (Lipinski definition) is 2. The van der Waals surface area contributed by atoms with Crippen LogP contribution in [0.15, 0.2) is 35.5 Å². The van der Waals surface area contributed by atoms with Gasteiger partial charge in [0.05, 0.1) is 26.4 Å². The minimum Gasteiger partial charge on any atom is -0.353 e. The molecule has 0 radical (unpaired) electrons. The number of benzene rings is 1. The maximum atomic E-state index is 12.3. The number of carbonyl (C=O) groups excluding carboxylic acids is 1. The summed E-state index contributed by atoms with van der Waals surface area (Å²) in [6.45, 7) is 7.08. The number of amides is 1. The van der Waals surface area contributed by atoms with E-state index in [1.165, 1.54) is 22.2 Å². The van der Waals surface area contributed by atoms with E-state index >= 15 is 0 Å². The molecule has 0 fully saturated rings. The standard InChI is InChI=1S/C21H33N5OS/c1-6-17(7-2)22-19(27)15-28-21-24-23-20(18(8-3)25(4)5)26(21)14-16-12-10-9-11-13-16/h9-13,17-18H,6-8,14-15H2,1-5H3,(H,22,27)/p+1/t18-/m0/s1. The number of hydrogen-bond acceptors (Lipinski definition) is 4. The van der Waals surface area contributed by atoms with Crippen molar-refractivity contribution in [3.05, 3.63) is 41.7 Å². The number of quaternary nitrogens is 1. The van der Waals surface area contributed by atoms with E-state index in [1.807, 2.05) is 18.2 Å². The van der Waals surface area contributed by atoms with Gasteiger partial charge in [-0.1, -0.05) is 62.9 Å². The molecular formula is C21H34N5OS+. The molecule has 2 aromatic rings. The monoisotopic (exact) mass is 404 g/mol. The van der Waals surface area contributed by atoms with E-state index in [0.29, 0.717) is 12.3 Å². The van der Waals surface area contributed by atoms with Crippen molar-refractivity contribution in [2.75, 3.05) is 19.8 Å². The molecule has 1 heterocycles. The molecule has 0 aliphatic carbocycles. The molecule has 6 nitrogen and oxygen atoms in total. The fourth-order valence-corrected chi connectivity index (χ4v) is 4.08. The molecule has 154 valence electrons. The maximum Gasteiger partial charge on any atom is 0.230 e. The lowest BCUT2D eigenvalue weighted by Crippen LogP contribution is -3.06. The van der Waals surface area contributed by atoms with E-state index in [1.54, 1.807) is 0 Å². The van der Waals surface area contributed by atoms with Gasteiger partial charge >= 0.3 is 0 Å². The van der Waals surface area contributed by atoms with Crippen LogP contribution in [0.1, 0.15) is 57.5 Å². The van der Waals surface area contributed by atoms with Crippen LogP contribution in [-0.2, 0) is 11.3 Å². The third-order valence-electron chi connectivity index (χ3n) is 5.03. The maximum absolute atomic E-state index is 12.3. The Labute approximate surface area is 173 Å². The van der Waals surface area contributed by atoms with Gasteiger partial charge in [-0.15, -0.1) is 10.2 Å². The van der Waals surface area contributed by atoms with Crippen molar-refractivity contribution in [2.45, 2.75) is 63.8 Å². The lowest BCUT2D eigenvalue weighted by molar-refractivity contribution is -0.893. The summed E-state index contributed by atoms with van der Waals surface area (Å²) in [6.07, 6.45) is 2.88. The van der Waals surface area contributed by atoms with Gasteiger partial charge in [0.25, 0.3) is 0 Å². The first kappa shape index (κ1) is 22.4. The number of rotatable bonds is 11. The molecule has 0 saturated carbocycles. The number of aromatic nitrogens is 3. The Morgan fingerprint density at radius 1 is 1.11 bits per heavy atom. The number of nitrogens with one attached hydrogen (secondary N) is 2. The van der Waals surface area contributed by atoms with Gasteiger partial charge in [0.2, 0.25) is 5.91 Å². The number of thioether (sulfide) groups is 1. The fourth-order valence-electron chi connectivity index (χ4n) is 3.32. The molecule has 1 amide bonds. The highest BCUT2D eigenvalue weighted by Crippen LogP contribution is 2.22. The Balaban J connectivity index is 2.21. The molecule has 0 saturated heterocycles. The Morgan fingerprint density at radius 2 is 1.79 bits per heavy atom. The molecule has 0 bridgehead atoms. The van der Waals surface area contributed by atoms with Gasteiger partial charge in [0.1, 0.15) is 6.04 Å². The van der Waals surface area contributed by atoms with E-state index in [0.717, 1.165) is 30.2 Å². The molecule has 0 unspecified atom stereocenters. The zero-order chi connectivity index (χ0) is 20.5. The molecule has 0 aliphatic heterocycles. The highest BCUT2D eigenvalue weighted by molar-refractivity contribution is 7.99. The second kappa shape index (κ2) is 11.2. The Hall–Kier alpha value is -1.86. The van der Waals surface area contributed by atoms with E-state index < -0.39 is 0 Å². The van der Waals surface area contributed by atoms with Gasteiger partial charge in [-0.05, 0) is 18.4 Å². The van der Waals surface area contributed by atoms with Crippen molar-refractivity contribution in [1.82, 2.24) is 20.1 Å². The van der Waals surface area contributed by atoms with Crippen LogP contribution in [-0.4, -0.2) is 46.6 Å². The van der Waals surface area contributed by atoms with Gasteiger partial charge < -0.3 is 10.2 Å². The van der Waals surface area contributed by atoms with Gasteiger partial charge in [-0.2, -0.15) is 0 Å². The summed E-state index contributed by atoms with van der Waals surface area (Å²) in [6, 6.07) is 10.8. The lowest BCUT2D eigenvalue weighted by Gasteiger charge is -2.20. The third-order valence-corrected chi connectivity index (χ3v) is 6.00. The fraction of sp³-hybridized carbons (Fsp3) is 0.571. The van der Waals surface area contributed by atoms with Crippen molar-refractivity contribution in [3.63, 3.8) is 0 Å². The average Bonchev–Trinajstić information content (AvgIpc) is 3.08. The lowest BCUT2D eigenvalue weighted by atomic mass is 10.2. The Bertz CT molecular complexity index is 728. The van der Waals surface area contributed by atoms with Gasteiger partial charge in [0, 0.05) is 12.5 Å². The summed E-state index contributed by atoms with van der Waals surface area (Å²) in [5.74, 6) is 1.39. The molecule has 2 rings (SSSR count). The normalized spacial score (nSPS) is 12.5. The highest BCUT2D eigenvalue weighted by atomic mass is 32.2. The SMILES string of the molecule is CCC(CC)NC(=O)CSc1nnc([C@H](CC)[NH+](C)C)n1Cc1ccccc1. The highest BCUT2D eigenvalue weighted by Gasteiger charge is 2.25. The van der Waals surface area contributed by atoms with Crippen molar-refractivity contribution >= 4 is 17.7 Å². The van der Waals surface area contributed by atoms with Gasteiger partial charge in [-0.3, -0.25) is 9.36 Å². The molecular weight excluding hydrogens is 370 g/mol. The number of carbonyl (C=O) groups is 1. The molecule has 28 heavy (non-hydrogen) atoms. The van der Waals surface area contributed by atoms with E-state index in [2.05, 4.69) is 67.1 Å². The molecule has 2 N–H and O–H groups in total. The van der Waals surface area contributed by atoms with Crippen LogP contribution in [0.5, 0.6) is 0 Å². The first-order valence-electron chi connectivity index (χ1n) is 10.2. The van der Waals surface area contributed by atoms with Gasteiger partial charge in [-0.25, -0.2) is 0 Å². The zero-order valence-corrected chi connectivity index (χ0v) is 18.6. The van der Waals surface area contributed by atoms with Crippen molar-refractivity contribution in [1.29, 1.82) is 0 Å². The summed E-state index contributed by atoms with van der Waals surface area (Å²) >= 11 is 1.47. The van der Waals surface area contributed by atoms with Crippen molar-refractivity contribution in [2.24, 2.45) is 0 Å². The minimum atomic E-state index is 0.0554. The van der Waals surface area contributed by atoms with Crippen LogP contribution >= 0.6 is 11.8 Å². The Kier molecular flexibility index (Phi) is 8.99. The van der Waals surface area contributed by atoms with Crippen molar-refractivity contribution in [3.8, 4) is 0 Å². The predicted octanol–water partition coefficient (Wildman–Crippen LogP) is 2.32. The van der Waals surface area contributed by atoms with Crippen LogP contribution in [0.3, 0.4) is 0 Å². The van der Waals surface area contributed by atoms with E-state index in [9.17, 15) is 4.79 Å². The molecule has 1 atom stereocenters. The molecule has 1 aromatic carbocycles. The van der Waals surface area contributed by atoms with Gasteiger partial charge in [0.15, 0.2) is 11.0 Å². The minimum absolute atomic E-state index is 0.0554. The molecule has 7 heteroatoms. The summed E-state index contributed by atoms with van der Waals surface area (Å²) in [7, 11) is 4.29. The third kappa shape index (κ3) is 6.07. The quantitative estimate of drug-likeness (QED) is 0.564. The molecule has 0 spiro atoms. The predicted molar refractivity (Wildman–Crippen MR) is 115 cm³/mol. The Morgan fingerprint density at radius 3 is 2.36 bits per heavy atom. The summed E-state index contributed by atoms with van der Waals surface area (Å²) in [5.41, 5.74) is 1.20. The molecule has 0 aliphatic rings. The first-order chi connectivity index (χ1) is 13.5. The van der Waals surface area contributed by atoms with Crippen LogP contribution in [0.4, 0.5) is 0 Å². The summed E-state index contributed by atoms with van der Waals surface area (Å²) < 4.78 is 2.17. The molecule has 1 aromatic heterocycles. The van der Waals surface area contributed by atoms with Crippen LogP contribution in [0.25, 0.3) is 0 Å². The second-order valence-electron chi connectivity index (χ2n) is 7.32. The summed E-state index contributed by atoms with van der Waals surface area (Å²) in [4.78, 5) is 13.7. The zero-order valence-electron chi connectivity index (χ0n) is 17.7. The van der Waals surface area contributed by atoms with Crippen LogP contribution < -0.4 is 10.2 Å². The van der Waals surface area contributed by atoms with Crippen molar-refractivity contribution < 1.29 is 9.69 Å². The van der Waals surface area contributed by atoms with Crippen LogP contribution in [0, 0.1) is 0 Å². The van der Waals surface area contributed by atoms with Crippen LogP contribution in [0.2, 0.25) is 0 Å². The average molecular weight is 405 g/mol. The largest absolute Gasteiger partial charge is 0.353 e. The van der Waals surface area contributed by atoms with E-state index in [4.69, 9.17) is 0 Å². The topological polar surface area (TPSA) is 64.2 Å².